The number of benzene rings is 1. The standard InChI is InChI=1S/C15H18N4/c1-3-13-9(2)14(19-16)18-15(17-13)12-8-10-6-4-5-7-11(10)12/h4-7,12H,3,8,16H2,1-2H3,(H,17,18,19). The maximum Gasteiger partial charge on any atom is 0.146 e. The van der Waals surface area contributed by atoms with Gasteiger partial charge in [-0.05, 0) is 30.9 Å². The predicted octanol–water partition coefficient (Wildman–Crippen LogP) is 2.32. The third kappa shape index (κ3) is 1.88. The molecule has 1 aliphatic carbocycles. The van der Waals surface area contributed by atoms with Crippen molar-refractivity contribution >= 4 is 5.82 Å². The molecular weight excluding hydrogens is 236 g/mol. The second-order valence-corrected chi connectivity index (χ2v) is 4.96. The summed E-state index contributed by atoms with van der Waals surface area (Å²) < 4.78 is 0. The second kappa shape index (κ2) is 4.63. The summed E-state index contributed by atoms with van der Waals surface area (Å²) >= 11 is 0. The summed E-state index contributed by atoms with van der Waals surface area (Å²) in [5.74, 6) is 7.50. The summed E-state index contributed by atoms with van der Waals surface area (Å²) in [5.41, 5.74) is 7.54. The van der Waals surface area contributed by atoms with Crippen LogP contribution in [0.2, 0.25) is 0 Å². The molecule has 0 aliphatic heterocycles. The molecule has 1 unspecified atom stereocenters. The molecule has 4 nitrogen and oxygen atoms in total. The lowest BCUT2D eigenvalue weighted by Gasteiger charge is -2.29. The summed E-state index contributed by atoms with van der Waals surface area (Å²) in [6, 6.07) is 8.48. The van der Waals surface area contributed by atoms with Gasteiger partial charge in [-0.15, -0.1) is 0 Å². The van der Waals surface area contributed by atoms with Crippen LogP contribution in [0.3, 0.4) is 0 Å². The van der Waals surface area contributed by atoms with Crippen molar-refractivity contribution in [2.45, 2.75) is 32.6 Å². The van der Waals surface area contributed by atoms with Crippen LogP contribution in [0.1, 0.15) is 41.1 Å². The van der Waals surface area contributed by atoms with Gasteiger partial charge in [-0.25, -0.2) is 15.8 Å². The molecule has 1 heterocycles. The van der Waals surface area contributed by atoms with E-state index >= 15 is 0 Å². The summed E-state index contributed by atoms with van der Waals surface area (Å²) in [4.78, 5) is 9.29. The van der Waals surface area contributed by atoms with E-state index in [1.807, 2.05) is 6.92 Å². The van der Waals surface area contributed by atoms with Gasteiger partial charge in [-0.3, -0.25) is 0 Å². The Balaban J connectivity index is 2.03. The molecule has 3 rings (SSSR count). The number of fused-ring (bicyclic) bond motifs is 1. The smallest absolute Gasteiger partial charge is 0.146 e. The number of anilines is 1. The molecule has 19 heavy (non-hydrogen) atoms. The Bertz CT molecular complexity index is 596. The molecule has 4 heteroatoms. The Morgan fingerprint density at radius 3 is 2.79 bits per heavy atom. The van der Waals surface area contributed by atoms with Crippen molar-refractivity contribution in [3.63, 3.8) is 0 Å². The zero-order valence-electron chi connectivity index (χ0n) is 11.3. The summed E-state index contributed by atoms with van der Waals surface area (Å²) in [7, 11) is 0. The van der Waals surface area contributed by atoms with Crippen molar-refractivity contribution < 1.29 is 0 Å². The van der Waals surface area contributed by atoms with Crippen LogP contribution >= 0.6 is 0 Å². The van der Waals surface area contributed by atoms with Crippen molar-refractivity contribution in [3.8, 4) is 0 Å². The number of nitrogens with one attached hydrogen (secondary N) is 1. The first-order valence-corrected chi connectivity index (χ1v) is 6.66. The number of nitrogens with two attached hydrogens (primary N) is 1. The number of nitrogens with zero attached hydrogens (tertiary/aromatic N) is 2. The Morgan fingerprint density at radius 2 is 2.11 bits per heavy atom. The molecule has 0 saturated carbocycles. The molecule has 0 amide bonds. The van der Waals surface area contributed by atoms with Gasteiger partial charge in [0.1, 0.15) is 11.6 Å². The lowest BCUT2D eigenvalue weighted by Crippen LogP contribution is -2.23. The van der Waals surface area contributed by atoms with Gasteiger partial charge in [0.05, 0.1) is 0 Å². The maximum absolute atomic E-state index is 5.56. The molecule has 0 saturated heterocycles. The van der Waals surface area contributed by atoms with Gasteiger partial charge < -0.3 is 5.43 Å². The van der Waals surface area contributed by atoms with Crippen LogP contribution in [-0.4, -0.2) is 9.97 Å². The quantitative estimate of drug-likeness (QED) is 0.651. The number of aromatic nitrogens is 2. The van der Waals surface area contributed by atoms with Gasteiger partial charge in [-0.2, -0.15) is 0 Å². The highest BCUT2D eigenvalue weighted by Gasteiger charge is 2.30. The van der Waals surface area contributed by atoms with Crippen molar-refractivity contribution in [2.24, 2.45) is 5.84 Å². The van der Waals surface area contributed by atoms with Crippen molar-refractivity contribution in [1.82, 2.24) is 9.97 Å². The fourth-order valence-electron chi connectivity index (χ4n) is 2.71. The van der Waals surface area contributed by atoms with Crippen molar-refractivity contribution in [2.75, 3.05) is 5.43 Å². The van der Waals surface area contributed by atoms with Crippen LogP contribution in [0.4, 0.5) is 5.82 Å². The Kier molecular flexibility index (Phi) is 2.95. The molecule has 1 aromatic heterocycles. The minimum absolute atomic E-state index is 0.314. The number of aryl methyl sites for hydroxylation is 1. The zero-order chi connectivity index (χ0) is 13.4. The van der Waals surface area contributed by atoms with E-state index in [1.54, 1.807) is 0 Å². The molecule has 1 aliphatic rings. The predicted molar refractivity (Wildman–Crippen MR) is 75.9 cm³/mol. The highest BCUT2D eigenvalue weighted by molar-refractivity contribution is 5.49. The molecule has 3 N–H and O–H groups in total. The molecule has 0 spiro atoms. The number of nitrogen functional groups attached to an aromatic ring is 1. The van der Waals surface area contributed by atoms with E-state index in [2.05, 4.69) is 41.6 Å². The Hall–Kier alpha value is -1.94. The lowest BCUT2D eigenvalue weighted by molar-refractivity contribution is 0.653. The largest absolute Gasteiger partial charge is 0.308 e. The molecule has 1 atom stereocenters. The fourth-order valence-corrected chi connectivity index (χ4v) is 2.71. The van der Waals surface area contributed by atoms with Crippen LogP contribution in [0.15, 0.2) is 24.3 Å². The van der Waals surface area contributed by atoms with E-state index in [4.69, 9.17) is 10.8 Å². The van der Waals surface area contributed by atoms with Gasteiger partial charge >= 0.3 is 0 Å². The first kappa shape index (κ1) is 12.1. The number of rotatable bonds is 3. The van der Waals surface area contributed by atoms with E-state index in [-0.39, 0.29) is 0 Å². The minimum Gasteiger partial charge on any atom is -0.308 e. The summed E-state index contributed by atoms with van der Waals surface area (Å²) in [5, 5.41) is 0. The normalized spacial score (nSPS) is 16.7. The molecular formula is C15H18N4. The molecule has 0 bridgehead atoms. The van der Waals surface area contributed by atoms with Crippen LogP contribution in [0.25, 0.3) is 0 Å². The van der Waals surface area contributed by atoms with Crippen LogP contribution < -0.4 is 11.3 Å². The van der Waals surface area contributed by atoms with E-state index in [1.165, 1.54) is 11.1 Å². The van der Waals surface area contributed by atoms with Gasteiger partial charge in [0, 0.05) is 17.2 Å². The molecule has 98 valence electrons. The first-order chi connectivity index (χ1) is 9.24. The molecule has 0 fully saturated rings. The number of hydrazine groups is 1. The highest BCUT2D eigenvalue weighted by atomic mass is 15.3. The van der Waals surface area contributed by atoms with Crippen molar-refractivity contribution in [1.29, 1.82) is 0 Å². The second-order valence-electron chi connectivity index (χ2n) is 4.96. The van der Waals surface area contributed by atoms with Crippen LogP contribution in [-0.2, 0) is 12.8 Å². The Labute approximate surface area is 113 Å². The zero-order valence-corrected chi connectivity index (χ0v) is 11.3. The lowest BCUT2D eigenvalue weighted by atomic mass is 9.77. The van der Waals surface area contributed by atoms with Crippen molar-refractivity contribution in [3.05, 3.63) is 52.5 Å². The maximum atomic E-state index is 5.56. The minimum atomic E-state index is 0.314. The molecule has 2 aromatic rings. The fraction of sp³-hybridized carbons (Fsp3) is 0.333. The van der Waals surface area contributed by atoms with E-state index in [9.17, 15) is 0 Å². The van der Waals surface area contributed by atoms with Gasteiger partial charge in [0.2, 0.25) is 0 Å². The van der Waals surface area contributed by atoms with Gasteiger partial charge in [-0.1, -0.05) is 31.2 Å². The van der Waals surface area contributed by atoms with E-state index in [0.717, 1.165) is 35.7 Å². The summed E-state index contributed by atoms with van der Waals surface area (Å²) in [6.45, 7) is 4.11. The first-order valence-electron chi connectivity index (χ1n) is 6.66. The molecule has 0 radical (unpaired) electrons. The van der Waals surface area contributed by atoms with E-state index < -0.39 is 0 Å². The van der Waals surface area contributed by atoms with Crippen LogP contribution in [0.5, 0.6) is 0 Å². The monoisotopic (exact) mass is 254 g/mol. The van der Waals surface area contributed by atoms with E-state index in [0.29, 0.717) is 5.92 Å². The summed E-state index contributed by atoms with van der Waals surface area (Å²) in [6.07, 6.45) is 1.91. The Morgan fingerprint density at radius 1 is 1.32 bits per heavy atom. The molecule has 1 aromatic carbocycles. The number of hydrogen-bond donors (Lipinski definition) is 2. The topological polar surface area (TPSA) is 63.8 Å². The van der Waals surface area contributed by atoms with Gasteiger partial charge in [0.25, 0.3) is 0 Å². The average Bonchev–Trinajstić information content (AvgIpc) is 2.41. The van der Waals surface area contributed by atoms with Crippen LogP contribution in [0, 0.1) is 6.92 Å². The van der Waals surface area contributed by atoms with Gasteiger partial charge in [0.15, 0.2) is 0 Å². The highest BCUT2D eigenvalue weighted by Crippen LogP contribution is 2.39. The third-order valence-corrected chi connectivity index (χ3v) is 3.90. The third-order valence-electron chi connectivity index (χ3n) is 3.90. The SMILES string of the molecule is CCc1nc(C2Cc3ccccc32)nc(NN)c1C. The number of hydrogen-bond acceptors (Lipinski definition) is 4. The average molecular weight is 254 g/mol.